The van der Waals surface area contributed by atoms with Crippen LogP contribution in [0.1, 0.15) is 110 Å². The Labute approximate surface area is 159 Å². The van der Waals surface area contributed by atoms with E-state index in [1.165, 1.54) is 114 Å². The molecule has 2 heteroatoms. The van der Waals surface area contributed by atoms with Gasteiger partial charge in [0, 0.05) is 0 Å². The van der Waals surface area contributed by atoms with Gasteiger partial charge < -0.3 is 21.5 Å². The normalized spacial score (nSPS) is 11.5. The van der Waals surface area contributed by atoms with Crippen molar-refractivity contribution in [2.45, 2.75) is 110 Å². The van der Waals surface area contributed by atoms with E-state index in [4.69, 9.17) is 0 Å². The van der Waals surface area contributed by atoms with Crippen LogP contribution in [-0.4, -0.2) is 31.7 Å². The largest absolute Gasteiger partial charge is 1.00 e. The second kappa shape index (κ2) is 18.8. The average molecular weight is 393 g/mol. The van der Waals surface area contributed by atoms with Crippen molar-refractivity contribution in [1.82, 2.24) is 0 Å². The van der Waals surface area contributed by atoms with Crippen LogP contribution in [0, 0.1) is 0 Å². The van der Waals surface area contributed by atoms with Crippen molar-refractivity contribution in [2.75, 3.05) is 27.2 Å². The molecule has 0 heterocycles. The first-order valence-corrected chi connectivity index (χ1v) is 10.4. The van der Waals surface area contributed by atoms with Gasteiger partial charge in [-0.3, -0.25) is 0 Å². The molecule has 0 saturated carbocycles. The van der Waals surface area contributed by atoms with Gasteiger partial charge >= 0.3 is 0 Å². The molecule has 0 atom stereocenters. The number of quaternary nitrogens is 1. The van der Waals surface area contributed by atoms with Crippen LogP contribution in [0.2, 0.25) is 0 Å². The third-order valence-electron chi connectivity index (χ3n) is 4.95. The Bertz CT molecular complexity index is 216. The lowest BCUT2D eigenvalue weighted by molar-refractivity contribution is -0.890. The summed E-state index contributed by atoms with van der Waals surface area (Å²) in [5, 5.41) is 0. The van der Waals surface area contributed by atoms with E-state index < -0.39 is 0 Å². The van der Waals surface area contributed by atoms with Crippen molar-refractivity contribution in [2.24, 2.45) is 0 Å². The Hall–Kier alpha value is 0.440. The smallest absolute Gasteiger partial charge is 0.0782 e. The molecule has 0 rings (SSSR count). The van der Waals surface area contributed by atoms with Gasteiger partial charge in [0.2, 0.25) is 0 Å². The van der Waals surface area contributed by atoms with Crippen LogP contribution in [-0.2, 0) is 0 Å². The molecule has 0 bridgehead atoms. The van der Waals surface area contributed by atoms with Crippen molar-refractivity contribution in [1.29, 1.82) is 0 Å². The van der Waals surface area contributed by atoms with Crippen molar-refractivity contribution >= 4 is 0 Å². The van der Waals surface area contributed by atoms with Crippen molar-refractivity contribution in [3.05, 3.63) is 0 Å². The molecule has 1 nitrogen and oxygen atoms in total. The maximum absolute atomic E-state index is 2.38. The second-order valence-corrected chi connectivity index (χ2v) is 7.98. The fourth-order valence-electron chi connectivity index (χ4n) is 3.45. The summed E-state index contributed by atoms with van der Waals surface area (Å²) in [6.45, 7) is 7.29. The van der Waals surface area contributed by atoms with E-state index in [1.54, 1.807) is 0 Å². The molecule has 0 N–H and O–H groups in total. The predicted molar refractivity (Wildman–Crippen MR) is 102 cm³/mol. The van der Waals surface area contributed by atoms with Crippen LogP contribution in [0.3, 0.4) is 0 Å². The van der Waals surface area contributed by atoms with Crippen LogP contribution in [0.4, 0.5) is 0 Å². The molecule has 0 spiro atoms. The van der Waals surface area contributed by atoms with E-state index in [-0.39, 0.29) is 17.0 Å². The highest BCUT2D eigenvalue weighted by Gasteiger charge is 2.11. The summed E-state index contributed by atoms with van der Waals surface area (Å²) in [6.07, 6.45) is 21.7. The van der Waals surface area contributed by atoms with E-state index in [1.807, 2.05) is 0 Å². The van der Waals surface area contributed by atoms with Gasteiger partial charge in [0.05, 0.1) is 27.2 Å². The zero-order valence-corrected chi connectivity index (χ0v) is 18.4. The fourth-order valence-corrected chi connectivity index (χ4v) is 3.45. The van der Waals surface area contributed by atoms with E-state index in [9.17, 15) is 0 Å². The Morgan fingerprint density at radius 2 is 0.783 bits per heavy atom. The Morgan fingerprint density at radius 1 is 0.435 bits per heavy atom. The minimum Gasteiger partial charge on any atom is -1.00 e. The molecule has 23 heavy (non-hydrogen) atoms. The van der Waals surface area contributed by atoms with Gasteiger partial charge in [-0.25, -0.2) is 0 Å². The maximum atomic E-state index is 2.38. The number of nitrogens with zero attached hydrogens (tertiary/aromatic N) is 1. The third kappa shape index (κ3) is 20.4. The molecule has 0 aromatic carbocycles. The van der Waals surface area contributed by atoms with Crippen LogP contribution < -0.4 is 17.0 Å². The quantitative estimate of drug-likeness (QED) is 0.260. The van der Waals surface area contributed by atoms with Gasteiger partial charge in [-0.05, 0) is 19.3 Å². The minimum absolute atomic E-state index is 0. The van der Waals surface area contributed by atoms with Crippen molar-refractivity contribution < 1.29 is 21.5 Å². The summed E-state index contributed by atoms with van der Waals surface area (Å²) in [7, 11) is 4.76. The van der Waals surface area contributed by atoms with E-state index >= 15 is 0 Å². The molecule has 0 aliphatic heterocycles. The van der Waals surface area contributed by atoms with Gasteiger partial charge in [0.1, 0.15) is 0 Å². The molecule has 0 aromatic heterocycles. The lowest BCUT2D eigenvalue weighted by atomic mass is 10.0. The topological polar surface area (TPSA) is 0 Å². The molecule has 0 aliphatic rings. The first kappa shape index (κ1) is 25.7. The highest BCUT2D eigenvalue weighted by Crippen LogP contribution is 2.13. The highest BCUT2D eigenvalue weighted by atomic mass is 79.9. The average Bonchev–Trinajstić information content (AvgIpc) is 2.47. The molecule has 142 valence electrons. The number of halogens is 1. The van der Waals surface area contributed by atoms with E-state index in [2.05, 4.69) is 27.9 Å². The van der Waals surface area contributed by atoms with E-state index in [0.29, 0.717) is 0 Å². The summed E-state index contributed by atoms with van der Waals surface area (Å²) in [5.74, 6) is 0. The van der Waals surface area contributed by atoms with E-state index in [0.717, 1.165) is 0 Å². The molecule has 0 radical (unpaired) electrons. The SMILES string of the molecule is CCCCCCCCCCCCCCCC[N+](C)(C)CCC.[Br-]. The number of unbranched alkanes of at least 4 members (excludes halogenated alkanes) is 13. The first-order chi connectivity index (χ1) is 10.6. The van der Waals surface area contributed by atoms with Gasteiger partial charge in [-0.2, -0.15) is 0 Å². The third-order valence-corrected chi connectivity index (χ3v) is 4.95. The van der Waals surface area contributed by atoms with Crippen LogP contribution in [0.15, 0.2) is 0 Å². The number of hydrogen-bond acceptors (Lipinski definition) is 0. The van der Waals surface area contributed by atoms with Gasteiger partial charge in [0.25, 0.3) is 0 Å². The zero-order chi connectivity index (χ0) is 16.5. The number of hydrogen-bond donors (Lipinski definition) is 0. The minimum atomic E-state index is 0. The Balaban J connectivity index is 0. The van der Waals surface area contributed by atoms with Crippen molar-refractivity contribution in [3.8, 4) is 0 Å². The molecule has 0 amide bonds. The van der Waals surface area contributed by atoms with Gasteiger partial charge in [-0.15, -0.1) is 0 Å². The number of rotatable bonds is 17. The van der Waals surface area contributed by atoms with Crippen LogP contribution in [0.25, 0.3) is 0 Å². The molecule has 0 aromatic rings. The predicted octanol–water partition coefficient (Wildman–Crippen LogP) is 3.96. The first-order valence-electron chi connectivity index (χ1n) is 10.4. The molecule has 0 fully saturated rings. The molecule has 0 unspecified atom stereocenters. The highest BCUT2D eigenvalue weighted by molar-refractivity contribution is 4.49. The molecule has 0 saturated heterocycles. The summed E-state index contributed by atoms with van der Waals surface area (Å²) in [5.41, 5.74) is 0. The monoisotopic (exact) mass is 391 g/mol. The van der Waals surface area contributed by atoms with Gasteiger partial charge in [-0.1, -0.05) is 90.9 Å². The summed E-state index contributed by atoms with van der Waals surface area (Å²) in [4.78, 5) is 0. The molecular weight excluding hydrogens is 346 g/mol. The lowest BCUT2D eigenvalue weighted by Gasteiger charge is -2.29. The van der Waals surface area contributed by atoms with Crippen molar-refractivity contribution in [3.63, 3.8) is 0 Å². The molecule has 0 aliphatic carbocycles. The second-order valence-electron chi connectivity index (χ2n) is 7.98. The maximum Gasteiger partial charge on any atom is 0.0782 e. The fraction of sp³-hybridized carbons (Fsp3) is 1.00. The lowest BCUT2D eigenvalue weighted by Crippen LogP contribution is -3.00. The van der Waals surface area contributed by atoms with Crippen LogP contribution in [0.5, 0.6) is 0 Å². The standard InChI is InChI=1S/C21H46N.BrH/c1-5-7-8-9-10-11-12-13-14-15-16-17-18-19-21-22(3,4)20-6-2;/h5-21H2,1-4H3;1H/q+1;/p-1. The summed E-state index contributed by atoms with van der Waals surface area (Å²) < 4.78 is 1.22. The Kier molecular flexibility index (Phi) is 21.0. The summed E-state index contributed by atoms with van der Waals surface area (Å²) in [6, 6.07) is 0. The molecular formula is C21H46BrN. The van der Waals surface area contributed by atoms with Gasteiger partial charge in [0.15, 0.2) is 0 Å². The van der Waals surface area contributed by atoms with Crippen LogP contribution >= 0.6 is 0 Å². The zero-order valence-electron chi connectivity index (χ0n) is 16.8. The summed E-state index contributed by atoms with van der Waals surface area (Å²) >= 11 is 0. The Morgan fingerprint density at radius 3 is 1.13 bits per heavy atom.